The predicted molar refractivity (Wildman–Crippen MR) is 148 cm³/mol. The van der Waals surface area contributed by atoms with Gasteiger partial charge in [-0.2, -0.15) is 0 Å². The Kier molecular flexibility index (Phi) is 7.23. The summed E-state index contributed by atoms with van der Waals surface area (Å²) in [5.41, 5.74) is 0.868. The zero-order valence-corrected chi connectivity index (χ0v) is 22.7. The lowest BCUT2D eigenvalue weighted by Gasteiger charge is -2.44. The molecule has 0 aliphatic carbocycles. The highest BCUT2D eigenvalue weighted by Gasteiger charge is 2.54. The lowest BCUT2D eigenvalue weighted by Crippen LogP contribution is -2.59. The SMILES string of the molecule is COc1ccc(C(=O)N2[C@H](C(=O)NCc3ccccc3)COC23CCN(C(=O)c2ccc4c(c2)OCO4)CC3)cc1. The van der Waals surface area contributed by atoms with E-state index < -0.39 is 11.8 Å². The van der Waals surface area contributed by atoms with Crippen LogP contribution in [0.2, 0.25) is 0 Å². The minimum Gasteiger partial charge on any atom is -0.497 e. The fraction of sp³-hybridized carbons (Fsp3) is 0.323. The van der Waals surface area contributed by atoms with Gasteiger partial charge in [0, 0.05) is 43.6 Å². The minimum atomic E-state index is -1.02. The number of rotatable bonds is 6. The number of benzene rings is 3. The molecule has 0 bridgehead atoms. The van der Waals surface area contributed by atoms with Gasteiger partial charge < -0.3 is 29.2 Å². The molecule has 0 unspecified atom stereocenters. The normalized spacial score (nSPS) is 18.8. The molecule has 2 fully saturated rings. The van der Waals surface area contributed by atoms with E-state index in [9.17, 15) is 14.4 Å². The summed E-state index contributed by atoms with van der Waals surface area (Å²) in [5, 5.41) is 2.97. The van der Waals surface area contributed by atoms with Crippen molar-refractivity contribution in [1.29, 1.82) is 0 Å². The number of piperidine rings is 1. The topological polar surface area (TPSA) is 107 Å². The van der Waals surface area contributed by atoms with Crippen molar-refractivity contribution < 1.29 is 33.3 Å². The van der Waals surface area contributed by atoms with Crippen molar-refractivity contribution in [3.63, 3.8) is 0 Å². The number of hydrogen-bond acceptors (Lipinski definition) is 7. The second-order valence-electron chi connectivity index (χ2n) is 10.2. The Morgan fingerprint density at radius 3 is 2.34 bits per heavy atom. The van der Waals surface area contributed by atoms with Crippen molar-refractivity contribution in [2.75, 3.05) is 33.6 Å². The number of likely N-dealkylation sites (tertiary alicyclic amines) is 1. The second kappa shape index (κ2) is 11.1. The summed E-state index contributed by atoms with van der Waals surface area (Å²) in [6.45, 7) is 1.26. The van der Waals surface area contributed by atoms with E-state index in [0.29, 0.717) is 60.9 Å². The monoisotopic (exact) mass is 557 g/mol. The van der Waals surface area contributed by atoms with Crippen molar-refractivity contribution in [1.82, 2.24) is 15.1 Å². The third-order valence-corrected chi connectivity index (χ3v) is 7.88. The lowest BCUT2D eigenvalue weighted by molar-refractivity contribution is -0.128. The van der Waals surface area contributed by atoms with Crippen LogP contribution in [0.4, 0.5) is 0 Å². The number of ether oxygens (including phenoxy) is 4. The highest BCUT2D eigenvalue weighted by molar-refractivity contribution is 5.99. The molecule has 0 radical (unpaired) electrons. The lowest BCUT2D eigenvalue weighted by atomic mass is 9.96. The average molecular weight is 558 g/mol. The van der Waals surface area contributed by atoms with Crippen LogP contribution in [0.3, 0.4) is 0 Å². The first-order valence-corrected chi connectivity index (χ1v) is 13.6. The zero-order valence-electron chi connectivity index (χ0n) is 22.7. The number of methoxy groups -OCH3 is 1. The van der Waals surface area contributed by atoms with E-state index in [4.69, 9.17) is 18.9 Å². The van der Waals surface area contributed by atoms with Gasteiger partial charge in [0.05, 0.1) is 13.7 Å². The van der Waals surface area contributed by atoms with E-state index in [1.807, 2.05) is 30.3 Å². The van der Waals surface area contributed by atoms with Crippen molar-refractivity contribution in [3.8, 4) is 17.2 Å². The third-order valence-electron chi connectivity index (χ3n) is 7.88. The molecule has 0 saturated carbocycles. The molecule has 3 aliphatic heterocycles. The largest absolute Gasteiger partial charge is 0.497 e. The number of amides is 3. The number of hydrogen-bond donors (Lipinski definition) is 1. The van der Waals surface area contributed by atoms with Crippen LogP contribution in [0, 0.1) is 0 Å². The molecule has 1 atom stereocenters. The van der Waals surface area contributed by atoms with Crippen LogP contribution in [0.5, 0.6) is 17.2 Å². The van der Waals surface area contributed by atoms with Gasteiger partial charge in [0.2, 0.25) is 12.7 Å². The Morgan fingerprint density at radius 2 is 1.61 bits per heavy atom. The Hall–Kier alpha value is -4.57. The maximum Gasteiger partial charge on any atom is 0.256 e. The van der Waals surface area contributed by atoms with Crippen LogP contribution in [-0.4, -0.2) is 72.9 Å². The van der Waals surface area contributed by atoms with Crippen LogP contribution in [0.1, 0.15) is 39.1 Å². The van der Waals surface area contributed by atoms with Crippen LogP contribution in [0.15, 0.2) is 72.8 Å². The van der Waals surface area contributed by atoms with Gasteiger partial charge in [-0.25, -0.2) is 0 Å². The third kappa shape index (κ3) is 5.18. The number of fused-ring (bicyclic) bond motifs is 1. The summed E-state index contributed by atoms with van der Waals surface area (Å²) in [7, 11) is 1.56. The maximum absolute atomic E-state index is 14.0. The summed E-state index contributed by atoms with van der Waals surface area (Å²) >= 11 is 0. The minimum absolute atomic E-state index is 0.0681. The summed E-state index contributed by atoms with van der Waals surface area (Å²) in [5.74, 6) is 1.06. The van der Waals surface area contributed by atoms with Crippen LogP contribution >= 0.6 is 0 Å². The van der Waals surface area contributed by atoms with Gasteiger partial charge in [-0.3, -0.25) is 19.3 Å². The van der Waals surface area contributed by atoms with E-state index in [1.54, 1.807) is 59.4 Å². The first kappa shape index (κ1) is 26.6. The van der Waals surface area contributed by atoms with E-state index in [-0.39, 0.29) is 31.1 Å². The van der Waals surface area contributed by atoms with Crippen LogP contribution in [0.25, 0.3) is 0 Å². The fourth-order valence-electron chi connectivity index (χ4n) is 5.61. The molecular formula is C31H31N3O7. The summed E-state index contributed by atoms with van der Waals surface area (Å²) in [6.07, 6.45) is 0.737. The molecule has 3 amide bonds. The Balaban J connectivity index is 1.21. The zero-order chi connectivity index (χ0) is 28.4. The fourth-order valence-corrected chi connectivity index (χ4v) is 5.61. The maximum atomic E-state index is 14.0. The quantitative estimate of drug-likeness (QED) is 0.496. The highest BCUT2D eigenvalue weighted by atomic mass is 16.7. The summed E-state index contributed by atoms with van der Waals surface area (Å²) < 4.78 is 22.3. The van der Waals surface area contributed by atoms with E-state index in [1.165, 1.54) is 0 Å². The molecule has 6 rings (SSSR count). The van der Waals surface area contributed by atoms with Gasteiger partial charge in [-0.1, -0.05) is 30.3 Å². The van der Waals surface area contributed by atoms with E-state index >= 15 is 0 Å². The molecule has 41 heavy (non-hydrogen) atoms. The van der Waals surface area contributed by atoms with E-state index in [0.717, 1.165) is 5.56 Å². The van der Waals surface area contributed by atoms with Gasteiger partial charge in [0.15, 0.2) is 11.5 Å². The number of carbonyl (C=O) groups excluding carboxylic acids is 3. The number of carbonyl (C=O) groups is 3. The Labute approximate surface area is 237 Å². The van der Waals surface area contributed by atoms with Gasteiger partial charge in [-0.15, -0.1) is 0 Å². The van der Waals surface area contributed by atoms with Crippen molar-refractivity contribution in [3.05, 3.63) is 89.5 Å². The van der Waals surface area contributed by atoms with Gasteiger partial charge >= 0.3 is 0 Å². The molecule has 1 N–H and O–H groups in total. The standard InChI is InChI=1S/C31H31N3O7/c1-38-24-10-7-22(8-11-24)30(37)34-25(28(35)32-18-21-5-3-2-4-6-21)19-41-31(34)13-15-33(16-14-31)29(36)23-9-12-26-27(17-23)40-20-39-26/h2-12,17,25H,13-16,18-20H2,1H3,(H,32,35)/t25-/m0/s1. The van der Waals surface area contributed by atoms with Crippen LogP contribution in [-0.2, 0) is 16.1 Å². The average Bonchev–Trinajstić information content (AvgIpc) is 3.64. The summed E-state index contributed by atoms with van der Waals surface area (Å²) in [4.78, 5) is 44.1. The molecule has 3 aromatic rings. The smallest absolute Gasteiger partial charge is 0.256 e. The number of nitrogens with one attached hydrogen (secondary N) is 1. The molecule has 0 aromatic heterocycles. The molecule has 10 nitrogen and oxygen atoms in total. The summed E-state index contributed by atoms with van der Waals surface area (Å²) in [6, 6.07) is 20.7. The molecule has 3 aliphatic rings. The van der Waals surface area contributed by atoms with Gasteiger partial charge in [0.1, 0.15) is 17.5 Å². The molecule has 10 heteroatoms. The Morgan fingerprint density at radius 1 is 0.902 bits per heavy atom. The first-order chi connectivity index (χ1) is 20.0. The van der Waals surface area contributed by atoms with Crippen molar-refractivity contribution in [2.24, 2.45) is 0 Å². The predicted octanol–water partition coefficient (Wildman–Crippen LogP) is 3.21. The molecule has 3 heterocycles. The number of nitrogens with zero attached hydrogens (tertiary/aromatic N) is 2. The highest BCUT2D eigenvalue weighted by Crippen LogP contribution is 2.39. The molecule has 3 aromatic carbocycles. The van der Waals surface area contributed by atoms with E-state index in [2.05, 4.69) is 5.32 Å². The van der Waals surface area contributed by atoms with Crippen molar-refractivity contribution in [2.45, 2.75) is 31.2 Å². The molecular weight excluding hydrogens is 526 g/mol. The molecule has 212 valence electrons. The van der Waals surface area contributed by atoms with Crippen molar-refractivity contribution >= 4 is 17.7 Å². The Bertz CT molecular complexity index is 1440. The van der Waals surface area contributed by atoms with Gasteiger partial charge in [0.25, 0.3) is 11.8 Å². The molecule has 2 saturated heterocycles. The first-order valence-electron chi connectivity index (χ1n) is 13.6. The van der Waals surface area contributed by atoms with Gasteiger partial charge in [-0.05, 0) is 48.0 Å². The van der Waals surface area contributed by atoms with Crippen LogP contribution < -0.4 is 19.5 Å². The second-order valence-corrected chi connectivity index (χ2v) is 10.2. The molecule has 1 spiro atoms.